The molecule has 2 aliphatic rings. The molecule has 0 heterocycles. The van der Waals surface area contributed by atoms with Crippen LogP contribution in [0.25, 0.3) is 0 Å². The van der Waals surface area contributed by atoms with Gasteiger partial charge in [0.25, 0.3) is 0 Å². The first kappa shape index (κ1) is 9.41. The third-order valence-electron chi connectivity index (χ3n) is 3.66. The standard InChI is InChI=1S/C10H17FO2/c11-13-10-4-2-7-1-3-9(12)5-8(7)6-10/h7-10,12H,1-6H2. The zero-order valence-corrected chi connectivity index (χ0v) is 7.79. The van der Waals surface area contributed by atoms with Gasteiger partial charge >= 0.3 is 0 Å². The predicted molar refractivity (Wildman–Crippen MR) is 46.7 cm³/mol. The summed E-state index contributed by atoms with van der Waals surface area (Å²) in [6, 6.07) is 0. The molecule has 2 fully saturated rings. The van der Waals surface area contributed by atoms with Crippen LogP contribution < -0.4 is 0 Å². The van der Waals surface area contributed by atoms with Gasteiger partial charge in [-0.15, -0.1) is 0 Å². The highest BCUT2D eigenvalue weighted by Gasteiger charge is 2.35. The summed E-state index contributed by atoms with van der Waals surface area (Å²) in [6.45, 7) is 0. The molecular weight excluding hydrogens is 171 g/mol. The second-order valence-corrected chi connectivity index (χ2v) is 4.51. The quantitative estimate of drug-likeness (QED) is 0.683. The molecule has 0 bridgehead atoms. The molecule has 2 saturated carbocycles. The Labute approximate surface area is 78.0 Å². The van der Waals surface area contributed by atoms with Gasteiger partial charge in [-0.25, -0.2) is 0 Å². The average Bonchev–Trinajstić information content (AvgIpc) is 2.16. The molecule has 0 aromatic heterocycles. The van der Waals surface area contributed by atoms with Crippen molar-refractivity contribution in [1.82, 2.24) is 0 Å². The molecule has 0 aromatic rings. The van der Waals surface area contributed by atoms with Gasteiger partial charge in [-0.05, 0) is 54.9 Å². The summed E-state index contributed by atoms with van der Waals surface area (Å²) in [4.78, 5) is 3.89. The molecule has 4 atom stereocenters. The van der Waals surface area contributed by atoms with Crippen LogP contribution in [0, 0.1) is 11.8 Å². The van der Waals surface area contributed by atoms with E-state index in [0.29, 0.717) is 5.92 Å². The van der Waals surface area contributed by atoms with Crippen molar-refractivity contribution in [1.29, 1.82) is 0 Å². The zero-order chi connectivity index (χ0) is 9.26. The van der Waals surface area contributed by atoms with Crippen LogP contribution in [0.15, 0.2) is 0 Å². The normalized spacial score (nSPS) is 45.7. The Morgan fingerprint density at radius 3 is 2.54 bits per heavy atom. The fourth-order valence-electron chi connectivity index (χ4n) is 2.91. The maximum absolute atomic E-state index is 12.0. The van der Waals surface area contributed by atoms with Crippen LogP contribution >= 0.6 is 0 Å². The first-order valence-corrected chi connectivity index (χ1v) is 5.25. The molecule has 0 saturated heterocycles. The van der Waals surface area contributed by atoms with E-state index in [1.165, 1.54) is 0 Å². The topological polar surface area (TPSA) is 29.5 Å². The highest BCUT2D eigenvalue weighted by molar-refractivity contribution is 4.86. The van der Waals surface area contributed by atoms with Crippen molar-refractivity contribution < 1.29 is 14.6 Å². The van der Waals surface area contributed by atoms with E-state index in [0.717, 1.165) is 44.4 Å². The van der Waals surface area contributed by atoms with E-state index in [9.17, 15) is 9.63 Å². The predicted octanol–water partition coefficient (Wildman–Crippen LogP) is 2.22. The second kappa shape index (κ2) is 3.93. The lowest BCUT2D eigenvalue weighted by Gasteiger charge is -2.39. The maximum Gasteiger partial charge on any atom is 0.0986 e. The van der Waals surface area contributed by atoms with Gasteiger partial charge in [-0.3, -0.25) is 0 Å². The minimum Gasteiger partial charge on any atom is -0.393 e. The van der Waals surface area contributed by atoms with Crippen LogP contribution in [0.4, 0.5) is 4.53 Å². The summed E-state index contributed by atoms with van der Waals surface area (Å²) in [6.07, 6.45) is 5.28. The van der Waals surface area contributed by atoms with E-state index in [1.54, 1.807) is 0 Å². The van der Waals surface area contributed by atoms with Crippen molar-refractivity contribution in [2.75, 3.05) is 0 Å². The smallest absolute Gasteiger partial charge is 0.0986 e. The molecule has 4 unspecified atom stereocenters. The first-order chi connectivity index (χ1) is 6.29. The minimum atomic E-state index is -0.202. The van der Waals surface area contributed by atoms with Crippen LogP contribution in [0.2, 0.25) is 0 Å². The molecule has 0 aliphatic heterocycles. The summed E-state index contributed by atoms with van der Waals surface area (Å²) in [7, 11) is 0. The first-order valence-electron chi connectivity index (χ1n) is 5.25. The number of rotatable bonds is 1. The lowest BCUT2D eigenvalue weighted by molar-refractivity contribution is -0.198. The Bertz CT molecular complexity index is 174. The lowest BCUT2D eigenvalue weighted by Crippen LogP contribution is -2.35. The summed E-state index contributed by atoms with van der Waals surface area (Å²) in [5.41, 5.74) is 0. The monoisotopic (exact) mass is 188 g/mol. The summed E-state index contributed by atoms with van der Waals surface area (Å²) < 4.78 is 12.0. The van der Waals surface area contributed by atoms with Gasteiger partial charge in [0.05, 0.1) is 12.2 Å². The Kier molecular flexibility index (Phi) is 2.84. The molecule has 0 radical (unpaired) electrons. The van der Waals surface area contributed by atoms with Crippen LogP contribution in [-0.2, 0) is 4.94 Å². The second-order valence-electron chi connectivity index (χ2n) is 4.51. The van der Waals surface area contributed by atoms with Crippen molar-refractivity contribution in [2.24, 2.45) is 11.8 Å². The fraction of sp³-hybridized carbons (Fsp3) is 1.00. The van der Waals surface area contributed by atoms with Crippen molar-refractivity contribution in [2.45, 2.75) is 50.7 Å². The molecule has 1 N–H and O–H groups in total. The summed E-state index contributed by atoms with van der Waals surface area (Å²) in [5.74, 6) is 1.22. The molecule has 0 spiro atoms. The highest BCUT2D eigenvalue weighted by Crippen LogP contribution is 2.41. The average molecular weight is 188 g/mol. The van der Waals surface area contributed by atoms with Crippen LogP contribution in [0.3, 0.4) is 0 Å². The van der Waals surface area contributed by atoms with Gasteiger partial charge < -0.3 is 5.11 Å². The number of fused-ring (bicyclic) bond motifs is 1. The molecule has 2 nitrogen and oxygen atoms in total. The molecular formula is C10H17FO2. The van der Waals surface area contributed by atoms with Crippen LogP contribution in [0.5, 0.6) is 0 Å². The summed E-state index contributed by atoms with van der Waals surface area (Å²) in [5, 5.41) is 9.47. The van der Waals surface area contributed by atoms with E-state index in [2.05, 4.69) is 4.94 Å². The number of halogens is 1. The van der Waals surface area contributed by atoms with E-state index < -0.39 is 0 Å². The molecule has 2 aliphatic carbocycles. The van der Waals surface area contributed by atoms with E-state index in [1.807, 2.05) is 0 Å². The fourth-order valence-corrected chi connectivity index (χ4v) is 2.91. The van der Waals surface area contributed by atoms with Gasteiger partial charge in [-0.1, -0.05) is 0 Å². The van der Waals surface area contributed by atoms with Crippen molar-refractivity contribution >= 4 is 0 Å². The zero-order valence-electron chi connectivity index (χ0n) is 7.79. The number of aliphatic hydroxyl groups is 1. The molecule has 76 valence electrons. The SMILES string of the molecule is OC1CCC2CCC(OF)CC2C1. The third kappa shape index (κ3) is 2.02. The Balaban J connectivity index is 1.91. The van der Waals surface area contributed by atoms with E-state index in [-0.39, 0.29) is 12.2 Å². The largest absolute Gasteiger partial charge is 0.393 e. The van der Waals surface area contributed by atoms with Gasteiger partial charge in [0, 0.05) is 0 Å². The van der Waals surface area contributed by atoms with Crippen LogP contribution in [0.1, 0.15) is 38.5 Å². The van der Waals surface area contributed by atoms with E-state index in [4.69, 9.17) is 0 Å². The van der Waals surface area contributed by atoms with E-state index >= 15 is 0 Å². The van der Waals surface area contributed by atoms with Crippen molar-refractivity contribution in [3.8, 4) is 0 Å². The van der Waals surface area contributed by atoms with Gasteiger partial charge in [0.1, 0.15) is 0 Å². The summed E-state index contributed by atoms with van der Waals surface area (Å²) >= 11 is 0. The van der Waals surface area contributed by atoms with Crippen molar-refractivity contribution in [3.63, 3.8) is 0 Å². The molecule has 0 aromatic carbocycles. The molecule has 0 amide bonds. The van der Waals surface area contributed by atoms with Gasteiger partial charge in [0.15, 0.2) is 0 Å². The Hall–Kier alpha value is -0.150. The van der Waals surface area contributed by atoms with Gasteiger partial charge in [-0.2, -0.15) is 4.94 Å². The Morgan fingerprint density at radius 2 is 1.77 bits per heavy atom. The molecule has 3 heteroatoms. The lowest BCUT2D eigenvalue weighted by atomic mass is 9.69. The van der Waals surface area contributed by atoms with Crippen molar-refractivity contribution in [3.05, 3.63) is 0 Å². The van der Waals surface area contributed by atoms with Gasteiger partial charge in [0.2, 0.25) is 0 Å². The number of aliphatic hydroxyl groups excluding tert-OH is 1. The third-order valence-corrected chi connectivity index (χ3v) is 3.66. The Morgan fingerprint density at radius 1 is 1.00 bits per heavy atom. The number of hydrogen-bond acceptors (Lipinski definition) is 2. The highest BCUT2D eigenvalue weighted by atomic mass is 19.3. The number of hydrogen-bond donors (Lipinski definition) is 1. The minimum absolute atomic E-state index is 0.153. The molecule has 2 rings (SSSR count). The maximum atomic E-state index is 12.0. The van der Waals surface area contributed by atoms with Crippen LogP contribution in [-0.4, -0.2) is 17.3 Å². The molecule has 13 heavy (non-hydrogen) atoms.